The van der Waals surface area contributed by atoms with E-state index in [1.165, 1.54) is 4.88 Å². The van der Waals surface area contributed by atoms with Gasteiger partial charge in [-0.15, -0.1) is 11.3 Å². The van der Waals surface area contributed by atoms with Gasteiger partial charge in [-0.1, -0.05) is 12.8 Å². The Morgan fingerprint density at radius 1 is 1.42 bits per heavy atom. The van der Waals surface area contributed by atoms with Crippen molar-refractivity contribution in [1.29, 1.82) is 0 Å². The summed E-state index contributed by atoms with van der Waals surface area (Å²) in [6, 6.07) is 4.10. The lowest BCUT2D eigenvalue weighted by atomic mass is 9.92. The average molecular weight is 346 g/mol. The lowest BCUT2D eigenvalue weighted by Gasteiger charge is -2.28. The third-order valence-electron chi connectivity index (χ3n) is 3.53. The molecule has 1 aliphatic rings. The number of nitrogens with one attached hydrogen (secondary N) is 1. The number of aliphatic hydroxyl groups excluding tert-OH is 1. The third kappa shape index (κ3) is 4.89. The fraction of sp³-hybridized carbons (Fsp3) is 0.643. The van der Waals surface area contributed by atoms with Gasteiger partial charge in [0.1, 0.15) is 0 Å². The zero-order valence-electron chi connectivity index (χ0n) is 10.9. The Kier molecular flexibility index (Phi) is 5.85. The number of rotatable bonds is 5. The average Bonchev–Trinajstić information content (AvgIpc) is 2.78. The Balaban J connectivity index is 1.66. The lowest BCUT2D eigenvalue weighted by molar-refractivity contribution is -0.123. The normalized spacial score (nSPS) is 23.3. The fourth-order valence-corrected chi connectivity index (χ4v) is 3.99. The molecule has 1 fully saturated rings. The van der Waals surface area contributed by atoms with Crippen LogP contribution < -0.4 is 5.32 Å². The predicted octanol–water partition coefficient (Wildman–Crippen LogP) is 3.25. The van der Waals surface area contributed by atoms with Gasteiger partial charge in [0.15, 0.2) is 0 Å². The van der Waals surface area contributed by atoms with Crippen LogP contribution in [0.2, 0.25) is 0 Å². The Morgan fingerprint density at radius 2 is 2.21 bits per heavy atom. The molecule has 0 bridgehead atoms. The first kappa shape index (κ1) is 15.0. The zero-order chi connectivity index (χ0) is 13.7. The molecule has 3 nitrogen and oxygen atoms in total. The summed E-state index contributed by atoms with van der Waals surface area (Å²) in [6.07, 6.45) is 5.88. The molecule has 5 heteroatoms. The second kappa shape index (κ2) is 7.41. The summed E-state index contributed by atoms with van der Waals surface area (Å²) < 4.78 is 1.14. The summed E-state index contributed by atoms with van der Waals surface area (Å²) in [4.78, 5) is 13.1. The summed E-state index contributed by atoms with van der Waals surface area (Å²) >= 11 is 5.16. The van der Waals surface area contributed by atoms with Crippen molar-refractivity contribution in [3.05, 3.63) is 20.8 Å². The molecule has 0 unspecified atom stereocenters. The van der Waals surface area contributed by atoms with Crippen LogP contribution in [-0.2, 0) is 11.2 Å². The molecular formula is C14H20BrNO2S. The number of aliphatic hydroxyl groups is 1. The van der Waals surface area contributed by atoms with Crippen molar-refractivity contribution in [2.24, 2.45) is 0 Å². The van der Waals surface area contributed by atoms with Gasteiger partial charge in [0, 0.05) is 11.3 Å². The van der Waals surface area contributed by atoms with E-state index in [4.69, 9.17) is 0 Å². The molecule has 0 saturated heterocycles. The molecule has 2 N–H and O–H groups in total. The number of hydrogen-bond donors (Lipinski definition) is 2. The molecule has 106 valence electrons. The van der Waals surface area contributed by atoms with Gasteiger partial charge in [-0.05, 0) is 53.7 Å². The van der Waals surface area contributed by atoms with E-state index < -0.39 is 0 Å². The predicted molar refractivity (Wildman–Crippen MR) is 81.4 cm³/mol. The molecule has 2 atom stereocenters. The van der Waals surface area contributed by atoms with Crippen LogP contribution in [0.5, 0.6) is 0 Å². The van der Waals surface area contributed by atoms with E-state index in [1.54, 1.807) is 11.3 Å². The number of hydrogen-bond acceptors (Lipinski definition) is 3. The monoisotopic (exact) mass is 345 g/mol. The van der Waals surface area contributed by atoms with E-state index in [0.29, 0.717) is 6.42 Å². The largest absolute Gasteiger partial charge is 0.391 e. The lowest BCUT2D eigenvalue weighted by Crippen LogP contribution is -2.45. The molecule has 0 aromatic carbocycles. The highest BCUT2D eigenvalue weighted by Crippen LogP contribution is 2.23. The number of aryl methyl sites for hydroxylation is 1. The van der Waals surface area contributed by atoms with Crippen molar-refractivity contribution < 1.29 is 9.90 Å². The second-order valence-corrected chi connectivity index (χ2v) is 7.63. The van der Waals surface area contributed by atoms with Crippen LogP contribution in [0, 0.1) is 0 Å². The first-order valence-electron chi connectivity index (χ1n) is 6.87. The van der Waals surface area contributed by atoms with E-state index in [1.807, 2.05) is 6.07 Å². The Hall–Kier alpha value is -0.390. The van der Waals surface area contributed by atoms with Crippen LogP contribution in [0.3, 0.4) is 0 Å². The quantitative estimate of drug-likeness (QED) is 0.860. The Bertz CT molecular complexity index is 421. The SMILES string of the molecule is O=C(CCCc1ccc(Br)s1)N[C@H]1CCCC[C@@H]1O. The molecule has 1 aliphatic carbocycles. The van der Waals surface area contributed by atoms with Gasteiger partial charge < -0.3 is 10.4 Å². The van der Waals surface area contributed by atoms with Gasteiger partial charge in [-0.2, -0.15) is 0 Å². The van der Waals surface area contributed by atoms with Gasteiger partial charge >= 0.3 is 0 Å². The molecule has 1 aromatic heterocycles. The van der Waals surface area contributed by atoms with E-state index >= 15 is 0 Å². The Labute approximate surface area is 126 Å². The fourth-order valence-electron chi connectivity index (χ4n) is 2.47. The van der Waals surface area contributed by atoms with Crippen LogP contribution in [0.25, 0.3) is 0 Å². The van der Waals surface area contributed by atoms with Gasteiger partial charge in [-0.25, -0.2) is 0 Å². The van der Waals surface area contributed by atoms with E-state index in [0.717, 1.165) is 42.3 Å². The molecule has 1 aromatic rings. The minimum Gasteiger partial charge on any atom is -0.391 e. The maximum atomic E-state index is 11.8. The van der Waals surface area contributed by atoms with Crippen molar-refractivity contribution in [3.63, 3.8) is 0 Å². The highest BCUT2D eigenvalue weighted by Gasteiger charge is 2.24. The van der Waals surface area contributed by atoms with Gasteiger partial charge in [-0.3, -0.25) is 4.79 Å². The van der Waals surface area contributed by atoms with Crippen LogP contribution in [0.1, 0.15) is 43.4 Å². The van der Waals surface area contributed by atoms with Crippen LogP contribution in [0.4, 0.5) is 0 Å². The molecule has 2 rings (SSSR count). The van der Waals surface area contributed by atoms with Crippen LogP contribution in [0.15, 0.2) is 15.9 Å². The standard InChI is InChI=1S/C14H20BrNO2S/c15-13-9-8-10(19-13)4-3-7-14(18)16-11-5-1-2-6-12(11)17/h8-9,11-12,17H,1-7H2,(H,16,18)/t11-,12-/m0/s1. The molecule has 1 heterocycles. The van der Waals surface area contributed by atoms with Gasteiger partial charge in [0.2, 0.25) is 5.91 Å². The molecule has 1 amide bonds. The number of carbonyl (C=O) groups is 1. The molecule has 19 heavy (non-hydrogen) atoms. The minimum atomic E-state index is -0.356. The molecule has 0 radical (unpaired) electrons. The van der Waals surface area contributed by atoms with Crippen molar-refractivity contribution in [2.75, 3.05) is 0 Å². The van der Waals surface area contributed by atoms with Crippen LogP contribution in [-0.4, -0.2) is 23.2 Å². The van der Waals surface area contributed by atoms with E-state index in [9.17, 15) is 9.90 Å². The number of amides is 1. The number of carbonyl (C=O) groups excluding carboxylic acids is 1. The van der Waals surface area contributed by atoms with Crippen molar-refractivity contribution in [1.82, 2.24) is 5.32 Å². The molecular weight excluding hydrogens is 326 g/mol. The second-order valence-electron chi connectivity index (χ2n) is 5.09. The topological polar surface area (TPSA) is 49.3 Å². The Morgan fingerprint density at radius 3 is 2.89 bits per heavy atom. The molecule has 0 spiro atoms. The molecule has 1 saturated carbocycles. The maximum absolute atomic E-state index is 11.8. The smallest absolute Gasteiger partial charge is 0.220 e. The summed E-state index contributed by atoms with van der Waals surface area (Å²) in [5, 5.41) is 12.8. The maximum Gasteiger partial charge on any atom is 0.220 e. The zero-order valence-corrected chi connectivity index (χ0v) is 13.3. The van der Waals surface area contributed by atoms with Crippen LogP contribution >= 0.6 is 27.3 Å². The summed E-state index contributed by atoms with van der Waals surface area (Å²) in [5.41, 5.74) is 0. The van der Waals surface area contributed by atoms with Crippen molar-refractivity contribution in [2.45, 2.75) is 57.1 Å². The highest BCUT2D eigenvalue weighted by molar-refractivity contribution is 9.11. The first-order valence-corrected chi connectivity index (χ1v) is 8.48. The highest BCUT2D eigenvalue weighted by atomic mass is 79.9. The van der Waals surface area contributed by atoms with E-state index in [-0.39, 0.29) is 18.1 Å². The summed E-state index contributed by atoms with van der Waals surface area (Å²) in [5.74, 6) is 0.0709. The van der Waals surface area contributed by atoms with Crippen molar-refractivity contribution in [3.8, 4) is 0 Å². The minimum absolute atomic E-state index is 0.0304. The number of thiophene rings is 1. The van der Waals surface area contributed by atoms with Gasteiger partial charge in [0.25, 0.3) is 0 Å². The van der Waals surface area contributed by atoms with E-state index in [2.05, 4.69) is 27.3 Å². The first-order chi connectivity index (χ1) is 9.15. The summed E-state index contributed by atoms with van der Waals surface area (Å²) in [7, 11) is 0. The summed E-state index contributed by atoms with van der Waals surface area (Å²) in [6.45, 7) is 0. The third-order valence-corrected chi connectivity index (χ3v) is 5.22. The number of halogens is 1. The van der Waals surface area contributed by atoms with Crippen molar-refractivity contribution >= 4 is 33.2 Å². The molecule has 0 aliphatic heterocycles. The van der Waals surface area contributed by atoms with Gasteiger partial charge in [0.05, 0.1) is 15.9 Å².